The smallest absolute Gasteiger partial charge is 0.227 e. The lowest BCUT2D eigenvalue weighted by atomic mass is 10.00. The zero-order valence-electron chi connectivity index (χ0n) is 17.0. The van der Waals surface area contributed by atoms with E-state index in [2.05, 4.69) is 45.2 Å². The zero-order chi connectivity index (χ0) is 20.0. The van der Waals surface area contributed by atoms with Crippen molar-refractivity contribution in [3.8, 4) is 5.75 Å². The molecule has 1 aromatic heterocycles. The van der Waals surface area contributed by atoms with Crippen LogP contribution in [-0.4, -0.2) is 53.6 Å². The molecule has 1 N–H and O–H groups in total. The van der Waals surface area contributed by atoms with E-state index in [4.69, 9.17) is 9.72 Å². The zero-order valence-corrected chi connectivity index (χ0v) is 17.0. The van der Waals surface area contributed by atoms with Crippen LogP contribution < -0.4 is 15.0 Å². The molecule has 1 fully saturated rings. The number of anilines is 2. The molecule has 0 aliphatic carbocycles. The van der Waals surface area contributed by atoms with Crippen molar-refractivity contribution in [3.63, 3.8) is 0 Å². The van der Waals surface area contributed by atoms with E-state index >= 15 is 0 Å². The van der Waals surface area contributed by atoms with Gasteiger partial charge in [0.25, 0.3) is 0 Å². The number of hydrogen-bond donors (Lipinski definition) is 1. The maximum atomic E-state index is 11.8. The lowest BCUT2D eigenvalue weighted by Gasteiger charge is -2.38. The fraction of sp³-hybridized carbons (Fsp3) is 0.500. The lowest BCUT2D eigenvalue weighted by molar-refractivity contribution is -0.119. The van der Waals surface area contributed by atoms with Crippen molar-refractivity contribution in [2.75, 3.05) is 43.0 Å². The van der Waals surface area contributed by atoms with Crippen molar-refractivity contribution in [2.45, 2.75) is 32.7 Å². The Balaban J connectivity index is 1.25. The number of hydrogen-bond acceptors (Lipinski definition) is 6. The van der Waals surface area contributed by atoms with E-state index in [1.807, 2.05) is 6.92 Å². The number of nitrogens with one attached hydrogen (secondary N) is 1. The molecular weight excluding hydrogens is 366 g/mol. The summed E-state index contributed by atoms with van der Waals surface area (Å²) in [5.41, 5.74) is 4.33. The first-order chi connectivity index (χ1) is 14.1. The van der Waals surface area contributed by atoms with Crippen molar-refractivity contribution >= 4 is 17.5 Å². The number of nitrogens with zero attached hydrogens (tertiary/aromatic N) is 4. The number of carbonyl (C=O) groups excluding carboxylic acids is 1. The number of aromatic nitrogens is 2. The molecule has 0 spiro atoms. The van der Waals surface area contributed by atoms with E-state index in [9.17, 15) is 4.79 Å². The highest BCUT2D eigenvalue weighted by Crippen LogP contribution is 2.31. The monoisotopic (exact) mass is 393 g/mol. The topological polar surface area (TPSA) is 70.6 Å². The van der Waals surface area contributed by atoms with Crippen LogP contribution in [0, 0.1) is 5.92 Å². The Labute approximate surface area is 171 Å². The van der Waals surface area contributed by atoms with Crippen LogP contribution in [0.15, 0.2) is 24.4 Å². The molecule has 2 aromatic rings. The third kappa shape index (κ3) is 3.44. The van der Waals surface area contributed by atoms with Gasteiger partial charge < -0.3 is 15.0 Å². The second kappa shape index (κ2) is 7.30. The maximum Gasteiger partial charge on any atom is 0.227 e. The second-order valence-electron chi connectivity index (χ2n) is 8.29. The summed E-state index contributed by atoms with van der Waals surface area (Å²) in [5.74, 6) is 1.83. The van der Waals surface area contributed by atoms with E-state index in [0.717, 1.165) is 62.3 Å². The molecule has 1 aromatic carbocycles. The molecule has 4 heterocycles. The molecule has 152 valence electrons. The van der Waals surface area contributed by atoms with Gasteiger partial charge in [-0.05, 0) is 24.1 Å². The molecule has 0 bridgehead atoms. The summed E-state index contributed by atoms with van der Waals surface area (Å²) in [4.78, 5) is 25.8. The quantitative estimate of drug-likeness (QED) is 0.864. The van der Waals surface area contributed by atoms with Gasteiger partial charge in [0.1, 0.15) is 5.75 Å². The Hall–Kier alpha value is -2.67. The van der Waals surface area contributed by atoms with Gasteiger partial charge in [-0.3, -0.25) is 9.69 Å². The summed E-state index contributed by atoms with van der Waals surface area (Å²) >= 11 is 0. The van der Waals surface area contributed by atoms with Crippen molar-refractivity contribution in [1.29, 1.82) is 0 Å². The van der Waals surface area contributed by atoms with Gasteiger partial charge in [0.15, 0.2) is 0 Å². The highest BCUT2D eigenvalue weighted by atomic mass is 16.5. The summed E-state index contributed by atoms with van der Waals surface area (Å²) in [7, 11) is 0. The van der Waals surface area contributed by atoms with Crippen LogP contribution in [-0.2, 0) is 17.6 Å². The Morgan fingerprint density at radius 3 is 2.90 bits per heavy atom. The van der Waals surface area contributed by atoms with Crippen LogP contribution in [0.5, 0.6) is 5.75 Å². The van der Waals surface area contributed by atoms with Crippen molar-refractivity contribution in [2.24, 2.45) is 5.92 Å². The van der Waals surface area contributed by atoms with Gasteiger partial charge in [-0.15, -0.1) is 0 Å². The average molecular weight is 393 g/mol. The molecule has 2 atom stereocenters. The molecule has 2 unspecified atom stereocenters. The van der Waals surface area contributed by atoms with E-state index in [1.54, 1.807) is 6.20 Å². The Morgan fingerprint density at radius 2 is 2.07 bits per heavy atom. The number of amides is 1. The summed E-state index contributed by atoms with van der Waals surface area (Å²) in [6.07, 6.45) is 3.45. The minimum absolute atomic E-state index is 0.0424. The summed E-state index contributed by atoms with van der Waals surface area (Å²) in [6, 6.07) is 7.02. The Morgan fingerprint density at radius 1 is 1.24 bits per heavy atom. The molecule has 0 saturated carbocycles. The van der Waals surface area contributed by atoms with Gasteiger partial charge >= 0.3 is 0 Å². The van der Waals surface area contributed by atoms with E-state index in [-0.39, 0.29) is 11.8 Å². The van der Waals surface area contributed by atoms with E-state index in [0.29, 0.717) is 12.5 Å². The minimum Gasteiger partial charge on any atom is -0.493 e. The predicted octanol–water partition coefficient (Wildman–Crippen LogP) is 2.43. The molecule has 3 aliphatic heterocycles. The highest BCUT2D eigenvalue weighted by Gasteiger charge is 2.27. The number of ether oxygens (including phenoxy) is 1. The molecule has 7 heteroatoms. The van der Waals surface area contributed by atoms with Gasteiger partial charge in [-0.25, -0.2) is 9.97 Å². The third-order valence-corrected chi connectivity index (χ3v) is 6.41. The summed E-state index contributed by atoms with van der Waals surface area (Å²) in [5, 5.41) is 2.90. The van der Waals surface area contributed by atoms with Crippen molar-refractivity contribution in [1.82, 2.24) is 14.9 Å². The number of carbonyl (C=O) groups is 1. The Bertz CT molecular complexity index is 939. The largest absolute Gasteiger partial charge is 0.493 e. The number of piperazine rings is 1. The van der Waals surface area contributed by atoms with E-state index < -0.39 is 0 Å². The lowest BCUT2D eigenvalue weighted by Crippen LogP contribution is -2.47. The highest BCUT2D eigenvalue weighted by molar-refractivity contribution is 5.95. The number of rotatable bonds is 3. The molecule has 5 rings (SSSR count). The fourth-order valence-electron chi connectivity index (χ4n) is 4.42. The maximum absolute atomic E-state index is 11.8. The summed E-state index contributed by atoms with van der Waals surface area (Å²) < 4.78 is 5.74. The van der Waals surface area contributed by atoms with Gasteiger partial charge in [0.2, 0.25) is 11.9 Å². The molecule has 0 radical (unpaired) electrons. The fourth-order valence-corrected chi connectivity index (χ4v) is 4.42. The molecule has 29 heavy (non-hydrogen) atoms. The number of benzene rings is 1. The van der Waals surface area contributed by atoms with Crippen molar-refractivity contribution in [3.05, 3.63) is 41.2 Å². The van der Waals surface area contributed by atoms with Crippen LogP contribution in [0.1, 0.15) is 36.7 Å². The first-order valence-electron chi connectivity index (χ1n) is 10.5. The summed E-state index contributed by atoms with van der Waals surface area (Å²) in [6.45, 7) is 8.73. The predicted molar refractivity (Wildman–Crippen MR) is 111 cm³/mol. The minimum atomic E-state index is -0.0424. The molecule has 1 amide bonds. The van der Waals surface area contributed by atoms with Crippen LogP contribution in [0.4, 0.5) is 11.6 Å². The van der Waals surface area contributed by atoms with Crippen LogP contribution in [0.2, 0.25) is 0 Å². The second-order valence-corrected chi connectivity index (χ2v) is 8.29. The van der Waals surface area contributed by atoms with Crippen LogP contribution in [0.3, 0.4) is 0 Å². The SMILES string of the molecule is CC1Cc2nc(N3CCN(C(C)c4ccc5c(c4)OCC5)CC3)ncc2NC1=O. The molecule has 3 aliphatic rings. The number of fused-ring (bicyclic) bond motifs is 2. The molecule has 7 nitrogen and oxygen atoms in total. The first-order valence-corrected chi connectivity index (χ1v) is 10.5. The standard InChI is InChI=1S/C22H27N5O2/c1-14-11-18-19(24-21(14)28)13-23-22(25-18)27-8-6-26(7-9-27)15(2)17-4-3-16-5-10-29-20(16)12-17/h3-4,12-15H,5-11H2,1-2H3,(H,24,28). The first kappa shape index (κ1) is 18.4. The van der Waals surface area contributed by atoms with Gasteiger partial charge in [-0.2, -0.15) is 0 Å². The molecule has 1 saturated heterocycles. The van der Waals surface area contributed by atoms with E-state index in [1.165, 1.54) is 11.1 Å². The van der Waals surface area contributed by atoms with Gasteiger partial charge in [-0.1, -0.05) is 19.1 Å². The van der Waals surface area contributed by atoms with Gasteiger partial charge in [0.05, 0.1) is 24.2 Å². The van der Waals surface area contributed by atoms with Gasteiger partial charge in [0, 0.05) is 51.0 Å². The normalized spacial score (nSPS) is 22.5. The van der Waals surface area contributed by atoms with Crippen molar-refractivity contribution < 1.29 is 9.53 Å². The average Bonchev–Trinajstić information content (AvgIpc) is 3.22. The van der Waals surface area contributed by atoms with Crippen LogP contribution >= 0.6 is 0 Å². The third-order valence-electron chi connectivity index (χ3n) is 6.41. The van der Waals surface area contributed by atoms with Crippen LogP contribution in [0.25, 0.3) is 0 Å². The molecular formula is C22H27N5O2. The Kier molecular flexibility index (Phi) is 4.62.